The van der Waals surface area contributed by atoms with Crippen LogP contribution in [0.1, 0.15) is 34.1 Å². The van der Waals surface area contributed by atoms with Crippen LogP contribution >= 0.6 is 0 Å². The molecule has 0 aliphatic heterocycles. The minimum atomic E-state index is -1.04. The molecule has 0 radical (unpaired) electrons. The predicted octanol–water partition coefficient (Wildman–Crippen LogP) is 0.428. The molecule has 0 heterocycles. The van der Waals surface area contributed by atoms with Crippen molar-refractivity contribution in [2.24, 2.45) is 11.7 Å². The molecule has 5 nitrogen and oxygen atoms in total. The van der Waals surface area contributed by atoms with Gasteiger partial charge in [0.2, 0.25) is 5.91 Å². The van der Waals surface area contributed by atoms with Crippen molar-refractivity contribution in [1.82, 2.24) is 5.32 Å². The van der Waals surface area contributed by atoms with Gasteiger partial charge in [-0.1, -0.05) is 13.8 Å². The number of hydrogen-bond acceptors (Lipinski definition) is 4. The Kier molecular flexibility index (Phi) is 5.44. The van der Waals surface area contributed by atoms with Crippen molar-refractivity contribution in [3.63, 3.8) is 0 Å². The van der Waals surface area contributed by atoms with Crippen LogP contribution in [0, 0.1) is 5.92 Å². The zero-order valence-electron chi connectivity index (χ0n) is 10.7. The average molecular weight is 230 g/mol. The van der Waals surface area contributed by atoms with E-state index in [0.29, 0.717) is 12.3 Å². The summed E-state index contributed by atoms with van der Waals surface area (Å²) in [6.07, 6.45) is 0.586. The normalized spacial score (nSPS) is 13.4. The second-order valence-electron chi connectivity index (χ2n) is 4.84. The summed E-state index contributed by atoms with van der Waals surface area (Å²) in [6, 6.07) is -0.594. The van der Waals surface area contributed by atoms with Crippen LogP contribution in [0.15, 0.2) is 0 Å². The quantitative estimate of drug-likeness (QED) is 0.671. The molecule has 0 spiro atoms. The van der Waals surface area contributed by atoms with Crippen LogP contribution in [0.2, 0.25) is 0 Å². The van der Waals surface area contributed by atoms with E-state index in [1.54, 1.807) is 13.8 Å². The van der Waals surface area contributed by atoms with Crippen molar-refractivity contribution in [1.29, 1.82) is 0 Å². The van der Waals surface area contributed by atoms with Crippen LogP contribution in [0.25, 0.3) is 0 Å². The van der Waals surface area contributed by atoms with E-state index in [1.165, 1.54) is 7.11 Å². The number of esters is 1. The fourth-order valence-corrected chi connectivity index (χ4v) is 1.32. The summed E-state index contributed by atoms with van der Waals surface area (Å²) >= 11 is 0. The highest BCUT2D eigenvalue weighted by atomic mass is 16.5. The van der Waals surface area contributed by atoms with Crippen molar-refractivity contribution < 1.29 is 14.3 Å². The molecule has 0 rings (SSSR count). The maximum absolute atomic E-state index is 11.7. The summed E-state index contributed by atoms with van der Waals surface area (Å²) in [5.74, 6) is -0.483. The maximum atomic E-state index is 11.7. The third kappa shape index (κ3) is 4.61. The Morgan fingerprint density at radius 3 is 2.25 bits per heavy atom. The topological polar surface area (TPSA) is 81.4 Å². The number of nitrogens with two attached hydrogens (primary N) is 1. The van der Waals surface area contributed by atoms with E-state index in [0.717, 1.165) is 0 Å². The molecule has 3 N–H and O–H groups in total. The summed E-state index contributed by atoms with van der Waals surface area (Å²) in [5, 5.41) is 2.57. The standard InChI is InChI=1S/C11H22N2O3/c1-7(2)6-8(12)9(14)13-11(3,4)10(15)16-5/h7-8H,6,12H2,1-5H3,(H,13,14). The number of rotatable bonds is 5. The molecule has 0 saturated heterocycles. The molecule has 0 aromatic heterocycles. The molecule has 0 fully saturated rings. The van der Waals surface area contributed by atoms with E-state index >= 15 is 0 Å². The lowest BCUT2D eigenvalue weighted by molar-refractivity contribution is -0.149. The van der Waals surface area contributed by atoms with E-state index in [2.05, 4.69) is 10.1 Å². The van der Waals surface area contributed by atoms with Crippen molar-refractivity contribution >= 4 is 11.9 Å². The first-order valence-electron chi connectivity index (χ1n) is 5.36. The fourth-order valence-electron chi connectivity index (χ4n) is 1.32. The number of amides is 1. The van der Waals surface area contributed by atoms with Crippen LogP contribution < -0.4 is 11.1 Å². The third-order valence-electron chi connectivity index (χ3n) is 2.19. The molecular weight excluding hydrogens is 208 g/mol. The van der Waals surface area contributed by atoms with Gasteiger partial charge in [0.15, 0.2) is 0 Å². The number of nitrogens with one attached hydrogen (secondary N) is 1. The molecule has 0 aliphatic rings. The molecule has 5 heteroatoms. The first-order chi connectivity index (χ1) is 7.20. The Balaban J connectivity index is 4.38. The largest absolute Gasteiger partial charge is 0.467 e. The lowest BCUT2D eigenvalue weighted by Crippen LogP contribution is -2.55. The van der Waals surface area contributed by atoms with Crippen LogP contribution in [0.4, 0.5) is 0 Å². The zero-order valence-corrected chi connectivity index (χ0v) is 10.7. The number of hydrogen-bond donors (Lipinski definition) is 2. The molecular formula is C11H22N2O3. The van der Waals surface area contributed by atoms with Gasteiger partial charge in [-0.2, -0.15) is 0 Å². The maximum Gasteiger partial charge on any atom is 0.330 e. The smallest absolute Gasteiger partial charge is 0.330 e. The number of methoxy groups -OCH3 is 1. The molecule has 1 unspecified atom stereocenters. The van der Waals surface area contributed by atoms with Gasteiger partial charge in [0.1, 0.15) is 5.54 Å². The van der Waals surface area contributed by atoms with Crippen molar-refractivity contribution in [3.05, 3.63) is 0 Å². The van der Waals surface area contributed by atoms with E-state index in [1.807, 2.05) is 13.8 Å². The van der Waals surface area contributed by atoms with Gasteiger partial charge in [0.25, 0.3) is 0 Å². The molecule has 1 amide bonds. The fraction of sp³-hybridized carbons (Fsp3) is 0.818. The van der Waals surface area contributed by atoms with Gasteiger partial charge in [0.05, 0.1) is 13.2 Å². The molecule has 0 aromatic carbocycles. The van der Waals surface area contributed by atoms with Gasteiger partial charge in [0, 0.05) is 0 Å². The SMILES string of the molecule is COC(=O)C(C)(C)NC(=O)C(N)CC(C)C. The van der Waals surface area contributed by atoms with E-state index in [-0.39, 0.29) is 5.91 Å². The van der Waals surface area contributed by atoms with E-state index in [4.69, 9.17) is 5.73 Å². The second-order valence-corrected chi connectivity index (χ2v) is 4.84. The van der Waals surface area contributed by atoms with Gasteiger partial charge < -0.3 is 15.8 Å². The van der Waals surface area contributed by atoms with Crippen molar-refractivity contribution in [3.8, 4) is 0 Å². The lowest BCUT2D eigenvalue weighted by atomic mass is 10.0. The minimum absolute atomic E-state index is 0.330. The average Bonchev–Trinajstić information content (AvgIpc) is 2.14. The lowest BCUT2D eigenvalue weighted by Gasteiger charge is -2.25. The van der Waals surface area contributed by atoms with Crippen LogP contribution in [-0.2, 0) is 14.3 Å². The van der Waals surface area contributed by atoms with Gasteiger partial charge in [-0.05, 0) is 26.2 Å². The summed E-state index contributed by atoms with van der Waals surface area (Å²) < 4.78 is 4.58. The second kappa shape index (κ2) is 5.84. The van der Waals surface area contributed by atoms with Gasteiger partial charge in [-0.3, -0.25) is 4.79 Å². The highest BCUT2D eigenvalue weighted by molar-refractivity contribution is 5.89. The molecule has 94 valence electrons. The predicted molar refractivity (Wildman–Crippen MR) is 61.7 cm³/mol. The van der Waals surface area contributed by atoms with Gasteiger partial charge in [-0.15, -0.1) is 0 Å². The summed E-state index contributed by atoms with van der Waals surface area (Å²) in [5.41, 5.74) is 4.66. The highest BCUT2D eigenvalue weighted by Crippen LogP contribution is 2.07. The molecule has 16 heavy (non-hydrogen) atoms. The van der Waals surface area contributed by atoms with Crippen molar-refractivity contribution in [2.75, 3.05) is 7.11 Å². The third-order valence-corrected chi connectivity index (χ3v) is 2.19. The Labute approximate surface area is 96.7 Å². The minimum Gasteiger partial charge on any atom is -0.467 e. The number of carbonyl (C=O) groups is 2. The van der Waals surface area contributed by atoms with Gasteiger partial charge >= 0.3 is 5.97 Å². The van der Waals surface area contributed by atoms with Gasteiger partial charge in [-0.25, -0.2) is 4.79 Å². The monoisotopic (exact) mass is 230 g/mol. The Morgan fingerprint density at radius 2 is 1.88 bits per heavy atom. The molecule has 1 atom stereocenters. The Morgan fingerprint density at radius 1 is 1.38 bits per heavy atom. The summed E-state index contributed by atoms with van der Waals surface area (Å²) in [4.78, 5) is 23.0. The Bertz CT molecular complexity index is 262. The van der Waals surface area contributed by atoms with E-state index < -0.39 is 17.6 Å². The molecule has 0 aliphatic carbocycles. The molecule has 0 bridgehead atoms. The van der Waals surface area contributed by atoms with E-state index in [9.17, 15) is 9.59 Å². The number of carbonyl (C=O) groups excluding carboxylic acids is 2. The first kappa shape index (κ1) is 14.9. The summed E-state index contributed by atoms with van der Waals surface area (Å²) in [6.45, 7) is 7.13. The van der Waals surface area contributed by atoms with Crippen LogP contribution in [0.3, 0.4) is 0 Å². The Hall–Kier alpha value is -1.10. The molecule has 0 saturated carbocycles. The number of ether oxygens (including phenoxy) is 1. The zero-order chi connectivity index (χ0) is 12.9. The summed E-state index contributed by atoms with van der Waals surface area (Å²) in [7, 11) is 1.28. The van der Waals surface area contributed by atoms with Crippen LogP contribution in [0.5, 0.6) is 0 Å². The van der Waals surface area contributed by atoms with Crippen molar-refractivity contribution in [2.45, 2.75) is 45.7 Å². The highest BCUT2D eigenvalue weighted by Gasteiger charge is 2.32. The molecule has 0 aromatic rings. The first-order valence-corrected chi connectivity index (χ1v) is 5.36. The van der Waals surface area contributed by atoms with Crippen LogP contribution in [-0.4, -0.2) is 30.6 Å².